The Labute approximate surface area is 169 Å². The van der Waals surface area contributed by atoms with Crippen molar-refractivity contribution in [1.29, 1.82) is 0 Å². The number of benzene rings is 1. The molecule has 0 saturated carbocycles. The lowest BCUT2D eigenvalue weighted by Gasteiger charge is -2.30. The average molecular weight is 380 g/mol. The number of aromatic nitrogens is 1. The van der Waals surface area contributed by atoms with E-state index in [1.165, 1.54) is 31.5 Å². The van der Waals surface area contributed by atoms with E-state index in [1.807, 2.05) is 18.2 Å². The molecule has 0 aliphatic carbocycles. The van der Waals surface area contributed by atoms with Crippen molar-refractivity contribution in [3.8, 4) is 0 Å². The standard InChI is InChI=1S/C24H33N3O/c1-18(2)23(22-8-4-5-13-25-22)24(28)26-15-20-9-11-21(12-10-20)17-27-14-6-7-19(3)16-27/h4-5,8-13,18-19,23H,6-7,14-17H2,1-3H3,(H,26,28). The zero-order valence-electron chi connectivity index (χ0n) is 17.4. The molecule has 0 radical (unpaired) electrons. The summed E-state index contributed by atoms with van der Waals surface area (Å²) < 4.78 is 0. The highest BCUT2D eigenvalue weighted by Crippen LogP contribution is 2.23. The molecule has 28 heavy (non-hydrogen) atoms. The molecule has 3 rings (SSSR count). The molecule has 1 aromatic heterocycles. The van der Waals surface area contributed by atoms with E-state index >= 15 is 0 Å². The Morgan fingerprint density at radius 2 is 1.93 bits per heavy atom. The van der Waals surface area contributed by atoms with Crippen molar-refractivity contribution in [2.75, 3.05) is 13.1 Å². The van der Waals surface area contributed by atoms with Gasteiger partial charge in [-0.3, -0.25) is 14.7 Å². The van der Waals surface area contributed by atoms with Crippen LogP contribution in [0.25, 0.3) is 0 Å². The maximum Gasteiger partial charge on any atom is 0.229 e. The Bertz CT molecular complexity index is 742. The lowest BCUT2D eigenvalue weighted by atomic mass is 9.91. The first-order valence-corrected chi connectivity index (χ1v) is 10.5. The predicted octanol–water partition coefficient (Wildman–Crippen LogP) is 4.37. The van der Waals surface area contributed by atoms with Gasteiger partial charge in [0.15, 0.2) is 0 Å². The van der Waals surface area contributed by atoms with Crippen LogP contribution in [0.2, 0.25) is 0 Å². The number of hydrogen-bond donors (Lipinski definition) is 1. The van der Waals surface area contributed by atoms with Crippen molar-refractivity contribution in [1.82, 2.24) is 15.2 Å². The van der Waals surface area contributed by atoms with E-state index in [4.69, 9.17) is 0 Å². The van der Waals surface area contributed by atoms with Gasteiger partial charge in [-0.05, 0) is 54.5 Å². The zero-order chi connectivity index (χ0) is 19.9. The summed E-state index contributed by atoms with van der Waals surface area (Å²) in [5, 5.41) is 3.10. The number of nitrogens with one attached hydrogen (secondary N) is 1. The molecule has 1 amide bonds. The van der Waals surface area contributed by atoms with Gasteiger partial charge in [0.05, 0.1) is 11.6 Å². The number of hydrogen-bond acceptors (Lipinski definition) is 3. The summed E-state index contributed by atoms with van der Waals surface area (Å²) in [6, 6.07) is 14.4. The molecule has 150 valence electrons. The van der Waals surface area contributed by atoms with Crippen LogP contribution in [-0.4, -0.2) is 28.9 Å². The second-order valence-corrected chi connectivity index (χ2v) is 8.49. The molecular weight excluding hydrogens is 346 g/mol. The SMILES string of the molecule is CC1CCCN(Cc2ccc(CNC(=O)C(c3ccccn3)C(C)C)cc2)C1. The quantitative estimate of drug-likeness (QED) is 0.777. The van der Waals surface area contributed by atoms with Crippen LogP contribution >= 0.6 is 0 Å². The topological polar surface area (TPSA) is 45.2 Å². The fraction of sp³-hybridized carbons (Fsp3) is 0.500. The van der Waals surface area contributed by atoms with E-state index in [9.17, 15) is 4.79 Å². The number of amides is 1. The van der Waals surface area contributed by atoms with E-state index < -0.39 is 0 Å². The van der Waals surface area contributed by atoms with Crippen LogP contribution in [0.1, 0.15) is 56.4 Å². The Balaban J connectivity index is 1.54. The summed E-state index contributed by atoms with van der Waals surface area (Å²) in [6.07, 6.45) is 4.41. The van der Waals surface area contributed by atoms with E-state index in [-0.39, 0.29) is 17.7 Å². The van der Waals surface area contributed by atoms with Crippen molar-refractivity contribution in [3.05, 3.63) is 65.5 Å². The predicted molar refractivity (Wildman–Crippen MR) is 114 cm³/mol. The minimum Gasteiger partial charge on any atom is -0.351 e. The molecule has 4 heteroatoms. The molecule has 0 spiro atoms. The first-order chi connectivity index (χ1) is 13.5. The van der Waals surface area contributed by atoms with E-state index in [0.29, 0.717) is 6.54 Å². The monoisotopic (exact) mass is 379 g/mol. The van der Waals surface area contributed by atoms with Gasteiger partial charge in [-0.15, -0.1) is 0 Å². The van der Waals surface area contributed by atoms with Gasteiger partial charge in [0.2, 0.25) is 5.91 Å². The lowest BCUT2D eigenvalue weighted by molar-refractivity contribution is -0.123. The zero-order valence-corrected chi connectivity index (χ0v) is 17.4. The number of rotatable bonds is 7. The molecule has 0 bridgehead atoms. The van der Waals surface area contributed by atoms with Crippen LogP contribution < -0.4 is 5.32 Å². The van der Waals surface area contributed by atoms with Crippen molar-refractivity contribution < 1.29 is 4.79 Å². The van der Waals surface area contributed by atoms with Gasteiger partial charge in [0.1, 0.15) is 0 Å². The Morgan fingerprint density at radius 3 is 2.57 bits per heavy atom. The molecular formula is C24H33N3O. The number of piperidine rings is 1. The highest BCUT2D eigenvalue weighted by Gasteiger charge is 2.25. The van der Waals surface area contributed by atoms with Gasteiger partial charge in [0.25, 0.3) is 0 Å². The van der Waals surface area contributed by atoms with Crippen LogP contribution in [0.15, 0.2) is 48.7 Å². The normalized spacial score (nSPS) is 18.8. The van der Waals surface area contributed by atoms with Gasteiger partial charge >= 0.3 is 0 Å². The maximum atomic E-state index is 12.8. The summed E-state index contributed by atoms with van der Waals surface area (Å²) in [7, 11) is 0. The minimum atomic E-state index is -0.221. The van der Waals surface area contributed by atoms with Crippen molar-refractivity contribution >= 4 is 5.91 Å². The van der Waals surface area contributed by atoms with E-state index in [1.54, 1.807) is 6.20 Å². The molecule has 1 aromatic carbocycles. The fourth-order valence-corrected chi connectivity index (χ4v) is 4.09. The van der Waals surface area contributed by atoms with Gasteiger partial charge < -0.3 is 5.32 Å². The molecule has 1 saturated heterocycles. The van der Waals surface area contributed by atoms with Crippen LogP contribution in [0.5, 0.6) is 0 Å². The number of pyridine rings is 1. The summed E-state index contributed by atoms with van der Waals surface area (Å²) in [5.41, 5.74) is 3.31. The Hall–Kier alpha value is -2.20. The first kappa shape index (κ1) is 20.5. The molecule has 1 aliphatic rings. The number of nitrogens with zero attached hydrogens (tertiary/aromatic N) is 2. The lowest BCUT2D eigenvalue weighted by Crippen LogP contribution is -2.33. The van der Waals surface area contributed by atoms with Gasteiger partial charge in [-0.2, -0.15) is 0 Å². The highest BCUT2D eigenvalue weighted by molar-refractivity contribution is 5.83. The maximum absolute atomic E-state index is 12.8. The molecule has 2 unspecified atom stereocenters. The molecule has 4 nitrogen and oxygen atoms in total. The summed E-state index contributed by atoms with van der Waals surface area (Å²) in [4.78, 5) is 19.7. The Kier molecular flexibility index (Phi) is 7.21. The Morgan fingerprint density at radius 1 is 1.18 bits per heavy atom. The summed E-state index contributed by atoms with van der Waals surface area (Å²) in [5.74, 6) is 0.821. The van der Waals surface area contributed by atoms with Crippen LogP contribution in [0.4, 0.5) is 0 Å². The van der Waals surface area contributed by atoms with Crippen molar-refractivity contribution in [2.24, 2.45) is 11.8 Å². The third-order valence-corrected chi connectivity index (χ3v) is 5.59. The summed E-state index contributed by atoms with van der Waals surface area (Å²) >= 11 is 0. The third-order valence-electron chi connectivity index (χ3n) is 5.59. The smallest absolute Gasteiger partial charge is 0.229 e. The number of carbonyl (C=O) groups is 1. The second-order valence-electron chi connectivity index (χ2n) is 8.49. The van der Waals surface area contributed by atoms with Gasteiger partial charge in [-0.1, -0.05) is 51.1 Å². The van der Waals surface area contributed by atoms with Crippen LogP contribution in [0.3, 0.4) is 0 Å². The second kappa shape index (κ2) is 9.83. The number of carbonyl (C=O) groups excluding carboxylic acids is 1. The van der Waals surface area contributed by atoms with Gasteiger partial charge in [-0.25, -0.2) is 0 Å². The average Bonchev–Trinajstić information content (AvgIpc) is 2.68. The first-order valence-electron chi connectivity index (χ1n) is 10.5. The molecule has 2 aromatic rings. The molecule has 2 heterocycles. The van der Waals surface area contributed by atoms with Crippen LogP contribution in [-0.2, 0) is 17.9 Å². The van der Waals surface area contributed by atoms with Crippen LogP contribution in [0, 0.1) is 11.8 Å². The largest absolute Gasteiger partial charge is 0.351 e. The fourth-order valence-electron chi connectivity index (χ4n) is 4.09. The van der Waals surface area contributed by atoms with Crippen molar-refractivity contribution in [2.45, 2.75) is 52.6 Å². The van der Waals surface area contributed by atoms with E-state index in [2.05, 4.69) is 60.2 Å². The minimum absolute atomic E-state index is 0.0417. The third kappa shape index (κ3) is 5.65. The summed E-state index contributed by atoms with van der Waals surface area (Å²) in [6.45, 7) is 10.4. The molecule has 2 atom stereocenters. The van der Waals surface area contributed by atoms with Crippen molar-refractivity contribution in [3.63, 3.8) is 0 Å². The number of likely N-dealkylation sites (tertiary alicyclic amines) is 1. The molecule has 1 N–H and O–H groups in total. The van der Waals surface area contributed by atoms with E-state index in [0.717, 1.165) is 23.7 Å². The molecule has 1 aliphatic heterocycles. The van der Waals surface area contributed by atoms with Gasteiger partial charge in [0, 0.05) is 25.8 Å². The molecule has 1 fully saturated rings. The highest BCUT2D eigenvalue weighted by atomic mass is 16.1.